The molecule has 2 fully saturated rings. The number of morpholine rings is 1. The maximum atomic E-state index is 13.1. The van der Waals surface area contributed by atoms with Gasteiger partial charge in [-0.25, -0.2) is 0 Å². The van der Waals surface area contributed by atoms with E-state index < -0.39 is 17.6 Å². The predicted molar refractivity (Wildman–Crippen MR) is 95.9 cm³/mol. The highest BCUT2D eigenvalue weighted by atomic mass is 19.4. The number of alkyl halides is 3. The average molecular weight is 386 g/mol. The van der Waals surface area contributed by atoms with E-state index in [0.29, 0.717) is 32.0 Å². The number of nitrogens with one attached hydrogen (secondary N) is 1. The van der Waals surface area contributed by atoms with Crippen molar-refractivity contribution in [1.29, 1.82) is 0 Å². The van der Waals surface area contributed by atoms with Crippen molar-refractivity contribution < 1.29 is 27.4 Å². The normalized spacial score (nSPS) is 19.1. The van der Waals surface area contributed by atoms with Gasteiger partial charge in [0.05, 0.1) is 36.3 Å². The molecule has 0 radical (unpaired) electrons. The van der Waals surface area contributed by atoms with E-state index in [0.717, 1.165) is 37.8 Å². The second-order valence-electron chi connectivity index (χ2n) is 6.95. The number of rotatable bonds is 5. The van der Waals surface area contributed by atoms with Gasteiger partial charge in [0, 0.05) is 13.1 Å². The van der Waals surface area contributed by atoms with Crippen molar-refractivity contribution >= 4 is 17.3 Å². The van der Waals surface area contributed by atoms with Gasteiger partial charge in [0.25, 0.3) is 0 Å². The summed E-state index contributed by atoms with van der Waals surface area (Å²) in [5.41, 5.74) is -0.0655. The highest BCUT2D eigenvalue weighted by molar-refractivity contribution is 5.95. The fourth-order valence-electron chi connectivity index (χ4n) is 3.50. The molecule has 0 aromatic heterocycles. The van der Waals surface area contributed by atoms with E-state index in [2.05, 4.69) is 5.32 Å². The van der Waals surface area contributed by atoms with Crippen LogP contribution in [0.1, 0.15) is 37.7 Å². The van der Waals surface area contributed by atoms with Crippen molar-refractivity contribution in [3.63, 3.8) is 0 Å². The van der Waals surface area contributed by atoms with Gasteiger partial charge in [-0.05, 0) is 31.0 Å². The Labute approximate surface area is 156 Å². The third-order valence-corrected chi connectivity index (χ3v) is 4.95. The fourth-order valence-corrected chi connectivity index (χ4v) is 3.50. The minimum absolute atomic E-state index is 0.0599. The summed E-state index contributed by atoms with van der Waals surface area (Å²) in [7, 11) is 0. The molecule has 1 aliphatic carbocycles. The van der Waals surface area contributed by atoms with Crippen LogP contribution in [0, 0.1) is 0 Å². The van der Waals surface area contributed by atoms with Crippen LogP contribution in [0.5, 0.6) is 0 Å². The van der Waals surface area contributed by atoms with E-state index in [1.807, 2.05) is 4.90 Å². The van der Waals surface area contributed by atoms with E-state index in [1.165, 1.54) is 12.5 Å². The van der Waals surface area contributed by atoms with E-state index in [-0.39, 0.29) is 18.4 Å². The minimum Gasteiger partial charge on any atom is -0.378 e. The van der Waals surface area contributed by atoms with Gasteiger partial charge in [0.1, 0.15) is 6.61 Å². The molecule has 1 aromatic carbocycles. The molecule has 1 amide bonds. The molecule has 27 heavy (non-hydrogen) atoms. The number of hydrogen-bond donors (Lipinski definition) is 1. The first-order chi connectivity index (χ1) is 12.9. The minimum atomic E-state index is -4.47. The molecular weight excluding hydrogens is 361 g/mol. The van der Waals surface area contributed by atoms with Crippen LogP contribution in [0.4, 0.5) is 24.5 Å². The second-order valence-corrected chi connectivity index (χ2v) is 6.95. The van der Waals surface area contributed by atoms with E-state index in [1.54, 1.807) is 0 Å². The zero-order valence-electron chi connectivity index (χ0n) is 15.2. The predicted octanol–water partition coefficient (Wildman–Crippen LogP) is 3.83. The summed E-state index contributed by atoms with van der Waals surface area (Å²) in [6, 6.07) is 3.44. The number of carbonyl (C=O) groups excluding carboxylic acids is 1. The quantitative estimate of drug-likeness (QED) is 0.836. The molecule has 1 aromatic rings. The summed E-state index contributed by atoms with van der Waals surface area (Å²) in [6.45, 7) is 1.97. The van der Waals surface area contributed by atoms with E-state index in [4.69, 9.17) is 9.47 Å². The number of anilines is 2. The van der Waals surface area contributed by atoms with Gasteiger partial charge in [-0.1, -0.05) is 19.3 Å². The van der Waals surface area contributed by atoms with Gasteiger partial charge in [0.2, 0.25) is 5.91 Å². The highest BCUT2D eigenvalue weighted by Gasteiger charge is 2.32. The molecule has 5 nitrogen and oxygen atoms in total. The molecule has 0 unspecified atom stereocenters. The van der Waals surface area contributed by atoms with Crippen LogP contribution in [-0.4, -0.2) is 44.9 Å². The van der Waals surface area contributed by atoms with Gasteiger partial charge in [-0.15, -0.1) is 0 Å². The van der Waals surface area contributed by atoms with Crippen molar-refractivity contribution in [3.8, 4) is 0 Å². The molecule has 1 N–H and O–H groups in total. The monoisotopic (exact) mass is 386 g/mol. The Kier molecular flexibility index (Phi) is 6.59. The first-order valence-electron chi connectivity index (χ1n) is 9.39. The second kappa shape index (κ2) is 8.93. The smallest absolute Gasteiger partial charge is 0.378 e. The molecule has 2 aliphatic rings. The van der Waals surface area contributed by atoms with Crippen LogP contribution in [0.3, 0.4) is 0 Å². The van der Waals surface area contributed by atoms with E-state index in [9.17, 15) is 18.0 Å². The summed E-state index contributed by atoms with van der Waals surface area (Å²) >= 11 is 0. The average Bonchev–Trinajstić information content (AvgIpc) is 2.67. The zero-order valence-corrected chi connectivity index (χ0v) is 15.2. The Morgan fingerprint density at radius 3 is 2.56 bits per heavy atom. The maximum absolute atomic E-state index is 13.1. The number of hydrogen-bond acceptors (Lipinski definition) is 4. The summed E-state index contributed by atoms with van der Waals surface area (Å²) in [5, 5.41) is 2.61. The number of nitrogens with zero attached hydrogens (tertiary/aromatic N) is 1. The summed E-state index contributed by atoms with van der Waals surface area (Å²) < 4.78 is 50.2. The highest BCUT2D eigenvalue weighted by Crippen LogP contribution is 2.35. The number of carbonyl (C=O) groups is 1. The molecule has 1 saturated heterocycles. The van der Waals surface area contributed by atoms with Crippen LogP contribution >= 0.6 is 0 Å². The maximum Gasteiger partial charge on any atom is 0.416 e. The van der Waals surface area contributed by atoms with E-state index >= 15 is 0 Å². The van der Waals surface area contributed by atoms with Gasteiger partial charge in [-0.3, -0.25) is 4.79 Å². The standard InChI is InChI=1S/C19H25F3N2O3/c20-19(21,22)14-6-7-17(24-8-10-26-11-9-24)16(12-14)23-18(25)13-27-15-4-2-1-3-5-15/h6-7,12,15H,1-5,8-11,13H2,(H,23,25). The van der Waals surface area contributed by atoms with Crippen molar-refractivity contribution in [2.75, 3.05) is 43.1 Å². The number of amides is 1. The summed E-state index contributed by atoms with van der Waals surface area (Å²) in [6.07, 6.45) is 0.791. The van der Waals surface area contributed by atoms with Crippen LogP contribution in [0.15, 0.2) is 18.2 Å². The lowest BCUT2D eigenvalue weighted by Gasteiger charge is -2.31. The van der Waals surface area contributed by atoms with Crippen molar-refractivity contribution in [2.45, 2.75) is 44.4 Å². The molecule has 1 heterocycles. The van der Waals surface area contributed by atoms with Crippen molar-refractivity contribution in [3.05, 3.63) is 23.8 Å². The Balaban J connectivity index is 1.70. The molecule has 1 aliphatic heterocycles. The summed E-state index contributed by atoms with van der Waals surface area (Å²) in [5.74, 6) is -0.436. The third kappa shape index (κ3) is 5.59. The molecular formula is C19H25F3N2O3. The zero-order chi connectivity index (χ0) is 19.3. The van der Waals surface area contributed by atoms with Gasteiger partial charge in [0.15, 0.2) is 0 Å². The lowest BCUT2D eigenvalue weighted by Crippen LogP contribution is -2.37. The van der Waals surface area contributed by atoms with Crippen LogP contribution in [0.2, 0.25) is 0 Å². The summed E-state index contributed by atoms with van der Waals surface area (Å²) in [4.78, 5) is 14.2. The lowest BCUT2D eigenvalue weighted by atomic mass is 9.98. The first kappa shape index (κ1) is 19.9. The van der Waals surface area contributed by atoms with Crippen LogP contribution in [-0.2, 0) is 20.4 Å². The Hall–Kier alpha value is -1.80. The molecule has 1 saturated carbocycles. The largest absolute Gasteiger partial charge is 0.416 e. The molecule has 0 spiro atoms. The number of benzene rings is 1. The first-order valence-corrected chi connectivity index (χ1v) is 9.39. The molecule has 3 rings (SSSR count). The van der Waals surface area contributed by atoms with Crippen molar-refractivity contribution in [1.82, 2.24) is 0 Å². The topological polar surface area (TPSA) is 50.8 Å². The van der Waals surface area contributed by atoms with Gasteiger partial charge in [-0.2, -0.15) is 13.2 Å². The fraction of sp³-hybridized carbons (Fsp3) is 0.632. The van der Waals surface area contributed by atoms with Crippen LogP contribution < -0.4 is 10.2 Å². The molecule has 0 atom stereocenters. The lowest BCUT2D eigenvalue weighted by molar-refractivity contribution is -0.137. The molecule has 8 heteroatoms. The Morgan fingerprint density at radius 2 is 1.89 bits per heavy atom. The SMILES string of the molecule is O=C(COC1CCCCC1)Nc1cc(C(F)(F)F)ccc1N1CCOCC1. The number of ether oxygens (including phenoxy) is 2. The van der Waals surface area contributed by atoms with Gasteiger partial charge < -0.3 is 19.7 Å². The Bertz CT molecular complexity index is 640. The van der Waals surface area contributed by atoms with Crippen LogP contribution in [0.25, 0.3) is 0 Å². The number of halogens is 3. The third-order valence-electron chi connectivity index (χ3n) is 4.95. The molecule has 150 valence electrons. The molecule has 0 bridgehead atoms. The van der Waals surface area contributed by atoms with Gasteiger partial charge >= 0.3 is 6.18 Å². The Morgan fingerprint density at radius 1 is 1.19 bits per heavy atom. The van der Waals surface area contributed by atoms with Crippen molar-refractivity contribution in [2.24, 2.45) is 0 Å².